The zero-order valence-electron chi connectivity index (χ0n) is 11.7. The summed E-state index contributed by atoms with van der Waals surface area (Å²) in [7, 11) is 0. The zero-order chi connectivity index (χ0) is 13.5. The molecule has 0 amide bonds. The molecule has 1 aliphatic carbocycles. The van der Waals surface area contributed by atoms with Gasteiger partial charge in [0.2, 0.25) is 5.95 Å². The van der Waals surface area contributed by atoms with Gasteiger partial charge in [-0.3, -0.25) is 0 Å². The third-order valence-electron chi connectivity index (χ3n) is 3.55. The smallest absolute Gasteiger partial charge is 0.226 e. The van der Waals surface area contributed by atoms with Crippen molar-refractivity contribution in [3.8, 4) is 0 Å². The minimum Gasteiger partial charge on any atom is -0.364 e. The lowest BCUT2D eigenvalue weighted by Gasteiger charge is -2.14. The SMILES string of the molecule is CCNc1nc(NC2(C)CC2)c2cc(CC)sc2n1. The van der Waals surface area contributed by atoms with Gasteiger partial charge in [-0.15, -0.1) is 11.3 Å². The van der Waals surface area contributed by atoms with Gasteiger partial charge in [0.05, 0.1) is 5.39 Å². The molecule has 0 unspecified atom stereocenters. The Labute approximate surface area is 117 Å². The molecule has 0 saturated heterocycles. The van der Waals surface area contributed by atoms with E-state index in [2.05, 4.69) is 47.4 Å². The Morgan fingerprint density at radius 1 is 1.32 bits per heavy atom. The number of hydrogen-bond acceptors (Lipinski definition) is 5. The Bertz CT molecular complexity index is 601. The molecule has 0 bridgehead atoms. The first-order valence-electron chi connectivity index (χ1n) is 6.96. The van der Waals surface area contributed by atoms with Crippen LogP contribution in [0.2, 0.25) is 0 Å². The van der Waals surface area contributed by atoms with E-state index in [1.165, 1.54) is 17.7 Å². The van der Waals surface area contributed by atoms with Crippen LogP contribution in [0, 0.1) is 0 Å². The molecule has 3 rings (SSSR count). The highest BCUT2D eigenvalue weighted by atomic mass is 32.1. The number of hydrogen-bond donors (Lipinski definition) is 2. The van der Waals surface area contributed by atoms with Crippen LogP contribution in [0.1, 0.15) is 38.5 Å². The number of thiophene rings is 1. The number of anilines is 2. The fourth-order valence-electron chi connectivity index (χ4n) is 2.08. The molecule has 2 N–H and O–H groups in total. The normalized spacial score (nSPS) is 16.6. The number of aryl methyl sites for hydroxylation is 1. The van der Waals surface area contributed by atoms with E-state index in [4.69, 9.17) is 0 Å². The van der Waals surface area contributed by atoms with Crippen LogP contribution in [0.4, 0.5) is 11.8 Å². The van der Waals surface area contributed by atoms with Crippen molar-refractivity contribution in [1.82, 2.24) is 9.97 Å². The van der Waals surface area contributed by atoms with E-state index in [1.807, 2.05) is 0 Å². The summed E-state index contributed by atoms with van der Waals surface area (Å²) < 4.78 is 0. The maximum absolute atomic E-state index is 4.64. The Hall–Kier alpha value is -1.36. The van der Waals surface area contributed by atoms with E-state index in [9.17, 15) is 0 Å². The van der Waals surface area contributed by atoms with E-state index in [0.717, 1.165) is 34.9 Å². The van der Waals surface area contributed by atoms with Gasteiger partial charge in [-0.2, -0.15) is 4.98 Å². The predicted octanol–water partition coefficient (Wildman–Crippen LogP) is 3.65. The van der Waals surface area contributed by atoms with E-state index < -0.39 is 0 Å². The molecule has 1 saturated carbocycles. The van der Waals surface area contributed by atoms with Gasteiger partial charge in [0.25, 0.3) is 0 Å². The summed E-state index contributed by atoms with van der Waals surface area (Å²) in [5.41, 5.74) is 0.235. The summed E-state index contributed by atoms with van der Waals surface area (Å²) in [6, 6.07) is 2.23. The summed E-state index contributed by atoms with van der Waals surface area (Å²) in [4.78, 5) is 11.7. The highest BCUT2D eigenvalue weighted by Crippen LogP contribution is 2.40. The number of nitrogens with one attached hydrogen (secondary N) is 2. The van der Waals surface area contributed by atoms with E-state index in [1.54, 1.807) is 11.3 Å². The second-order valence-electron chi connectivity index (χ2n) is 5.40. The molecule has 2 heterocycles. The first kappa shape index (κ1) is 12.7. The largest absolute Gasteiger partial charge is 0.364 e. The third kappa shape index (κ3) is 2.52. The van der Waals surface area contributed by atoms with Crippen molar-refractivity contribution < 1.29 is 0 Å². The molecule has 4 nitrogen and oxygen atoms in total. The number of nitrogens with zero attached hydrogens (tertiary/aromatic N) is 2. The minimum atomic E-state index is 0.235. The molecule has 5 heteroatoms. The topological polar surface area (TPSA) is 49.8 Å². The van der Waals surface area contributed by atoms with Gasteiger partial charge in [-0.1, -0.05) is 6.92 Å². The lowest BCUT2D eigenvalue weighted by molar-refractivity contribution is 0.822. The van der Waals surface area contributed by atoms with Crippen molar-refractivity contribution in [1.29, 1.82) is 0 Å². The van der Waals surface area contributed by atoms with Crippen LogP contribution in [-0.2, 0) is 6.42 Å². The molecule has 0 aromatic carbocycles. The van der Waals surface area contributed by atoms with Crippen molar-refractivity contribution >= 4 is 33.3 Å². The monoisotopic (exact) mass is 276 g/mol. The van der Waals surface area contributed by atoms with Crippen LogP contribution < -0.4 is 10.6 Å². The maximum atomic E-state index is 4.64. The van der Waals surface area contributed by atoms with Gasteiger partial charge >= 0.3 is 0 Å². The fraction of sp³-hybridized carbons (Fsp3) is 0.571. The van der Waals surface area contributed by atoms with Gasteiger partial charge in [0.15, 0.2) is 0 Å². The minimum absolute atomic E-state index is 0.235. The van der Waals surface area contributed by atoms with Crippen LogP contribution in [0.3, 0.4) is 0 Å². The number of aromatic nitrogens is 2. The Morgan fingerprint density at radius 2 is 2.11 bits per heavy atom. The molecule has 2 aromatic heterocycles. The van der Waals surface area contributed by atoms with Crippen LogP contribution in [0.25, 0.3) is 10.2 Å². The van der Waals surface area contributed by atoms with E-state index >= 15 is 0 Å². The molecule has 1 fully saturated rings. The highest BCUT2D eigenvalue weighted by Gasteiger charge is 2.38. The van der Waals surface area contributed by atoms with Crippen LogP contribution in [0.5, 0.6) is 0 Å². The predicted molar refractivity (Wildman–Crippen MR) is 82.2 cm³/mol. The summed E-state index contributed by atoms with van der Waals surface area (Å²) in [5.74, 6) is 1.71. The Morgan fingerprint density at radius 3 is 2.74 bits per heavy atom. The molecule has 102 valence electrons. The quantitative estimate of drug-likeness (QED) is 0.875. The lowest BCUT2D eigenvalue weighted by Crippen LogP contribution is -2.17. The highest BCUT2D eigenvalue weighted by molar-refractivity contribution is 7.18. The Balaban J connectivity index is 2.06. The van der Waals surface area contributed by atoms with Gasteiger partial charge in [0.1, 0.15) is 10.6 Å². The van der Waals surface area contributed by atoms with E-state index in [0.29, 0.717) is 0 Å². The first-order valence-corrected chi connectivity index (χ1v) is 7.77. The third-order valence-corrected chi connectivity index (χ3v) is 4.72. The van der Waals surface area contributed by atoms with Crippen molar-refractivity contribution in [3.05, 3.63) is 10.9 Å². The molecule has 1 aliphatic rings. The second-order valence-corrected chi connectivity index (χ2v) is 6.51. The van der Waals surface area contributed by atoms with Gasteiger partial charge in [-0.05, 0) is 39.2 Å². The standard InChI is InChI=1S/C14H20N4S/c1-4-9-8-10-11(18-14(3)6-7-14)16-13(15-5-2)17-12(10)19-9/h8H,4-7H2,1-3H3,(H2,15,16,17,18). The fourth-order valence-corrected chi connectivity index (χ4v) is 3.04. The molecule has 0 atom stereocenters. The summed E-state index contributed by atoms with van der Waals surface area (Å²) in [6.07, 6.45) is 3.49. The summed E-state index contributed by atoms with van der Waals surface area (Å²) >= 11 is 1.77. The molecule has 0 aliphatic heterocycles. The average Bonchev–Trinajstić information content (AvgIpc) is 2.95. The molecule has 0 spiro atoms. The van der Waals surface area contributed by atoms with Crippen molar-refractivity contribution in [2.24, 2.45) is 0 Å². The van der Waals surface area contributed by atoms with Gasteiger partial charge in [-0.25, -0.2) is 4.98 Å². The van der Waals surface area contributed by atoms with Crippen molar-refractivity contribution in [3.63, 3.8) is 0 Å². The number of fused-ring (bicyclic) bond motifs is 1. The van der Waals surface area contributed by atoms with Crippen LogP contribution in [0.15, 0.2) is 6.07 Å². The molecular weight excluding hydrogens is 256 g/mol. The zero-order valence-corrected chi connectivity index (χ0v) is 12.5. The lowest BCUT2D eigenvalue weighted by atomic mass is 10.2. The van der Waals surface area contributed by atoms with E-state index in [-0.39, 0.29) is 5.54 Å². The van der Waals surface area contributed by atoms with Crippen molar-refractivity contribution in [2.75, 3.05) is 17.2 Å². The maximum Gasteiger partial charge on any atom is 0.226 e. The first-order chi connectivity index (χ1) is 9.13. The van der Waals surface area contributed by atoms with Gasteiger partial charge < -0.3 is 10.6 Å². The Kier molecular flexibility index (Phi) is 3.09. The summed E-state index contributed by atoms with van der Waals surface area (Å²) in [5, 5.41) is 7.97. The second kappa shape index (κ2) is 4.63. The van der Waals surface area contributed by atoms with Crippen molar-refractivity contribution in [2.45, 2.75) is 45.6 Å². The molecule has 0 radical (unpaired) electrons. The average molecular weight is 276 g/mol. The van der Waals surface area contributed by atoms with Crippen LogP contribution >= 0.6 is 11.3 Å². The molecule has 19 heavy (non-hydrogen) atoms. The van der Waals surface area contributed by atoms with Crippen LogP contribution in [-0.4, -0.2) is 22.1 Å². The van der Waals surface area contributed by atoms with Gasteiger partial charge in [0, 0.05) is 17.0 Å². The molecule has 2 aromatic rings. The number of rotatable bonds is 5. The summed E-state index contributed by atoms with van der Waals surface area (Å²) in [6.45, 7) is 7.34. The molecular formula is C14H20N4S.